The summed E-state index contributed by atoms with van der Waals surface area (Å²) in [5.41, 5.74) is 2.42. The third-order valence-corrected chi connectivity index (χ3v) is 3.56. The van der Waals surface area contributed by atoms with Crippen LogP contribution in [0.3, 0.4) is 0 Å². The Morgan fingerprint density at radius 1 is 1.36 bits per heavy atom. The van der Waals surface area contributed by atoms with E-state index >= 15 is 0 Å². The number of primary sulfonamides is 1. The molecule has 76 valence electrons. The van der Waals surface area contributed by atoms with Crippen LogP contribution in [0.1, 0.15) is 23.5 Å². The number of benzene rings is 1. The largest absolute Gasteiger partial charge is 0.229 e. The Bertz CT molecular complexity index is 439. The van der Waals surface area contributed by atoms with E-state index in [2.05, 4.69) is 6.07 Å². The SMILES string of the molecule is NS(=O)(=O)CC1CCc2ccccc21. The lowest BCUT2D eigenvalue weighted by Crippen LogP contribution is -2.20. The maximum atomic E-state index is 11.0. The average Bonchev–Trinajstić information content (AvgIpc) is 2.47. The molecule has 0 bridgehead atoms. The molecule has 0 radical (unpaired) electrons. The lowest BCUT2D eigenvalue weighted by molar-refractivity contribution is 0.588. The molecule has 1 aromatic carbocycles. The highest BCUT2D eigenvalue weighted by molar-refractivity contribution is 7.89. The van der Waals surface area contributed by atoms with Gasteiger partial charge in [0.2, 0.25) is 10.0 Å². The maximum absolute atomic E-state index is 11.0. The first-order valence-electron chi connectivity index (χ1n) is 4.64. The second-order valence-corrected chi connectivity index (χ2v) is 5.42. The van der Waals surface area contributed by atoms with Crippen molar-refractivity contribution < 1.29 is 8.42 Å². The predicted octanol–water partition coefficient (Wildman–Crippen LogP) is 1.00. The first-order valence-corrected chi connectivity index (χ1v) is 6.36. The topological polar surface area (TPSA) is 60.2 Å². The van der Waals surface area contributed by atoms with Crippen molar-refractivity contribution in [1.82, 2.24) is 0 Å². The zero-order chi connectivity index (χ0) is 10.2. The molecule has 1 unspecified atom stereocenters. The molecule has 1 atom stereocenters. The Kier molecular flexibility index (Phi) is 2.33. The summed E-state index contributed by atoms with van der Waals surface area (Å²) in [6.07, 6.45) is 1.87. The lowest BCUT2D eigenvalue weighted by atomic mass is 10.0. The summed E-state index contributed by atoms with van der Waals surface area (Å²) in [5, 5.41) is 5.04. The van der Waals surface area contributed by atoms with Crippen LogP contribution in [0.2, 0.25) is 0 Å². The summed E-state index contributed by atoms with van der Waals surface area (Å²) in [5.74, 6) is 0.172. The minimum Gasteiger partial charge on any atom is -0.229 e. The van der Waals surface area contributed by atoms with Crippen LogP contribution in [-0.4, -0.2) is 14.2 Å². The van der Waals surface area contributed by atoms with Gasteiger partial charge in [-0.25, -0.2) is 13.6 Å². The molecule has 2 rings (SSSR count). The molecule has 0 saturated carbocycles. The van der Waals surface area contributed by atoms with Gasteiger partial charge >= 0.3 is 0 Å². The number of nitrogens with two attached hydrogens (primary N) is 1. The summed E-state index contributed by atoms with van der Waals surface area (Å²) in [6, 6.07) is 7.98. The maximum Gasteiger partial charge on any atom is 0.209 e. The van der Waals surface area contributed by atoms with Crippen LogP contribution < -0.4 is 5.14 Å². The number of hydrogen-bond acceptors (Lipinski definition) is 2. The van der Waals surface area contributed by atoms with Gasteiger partial charge in [0.15, 0.2) is 0 Å². The molecule has 3 nitrogen and oxygen atoms in total. The first kappa shape index (κ1) is 9.68. The normalized spacial score (nSPS) is 20.8. The number of hydrogen-bond donors (Lipinski definition) is 1. The van der Waals surface area contributed by atoms with E-state index in [0.717, 1.165) is 18.4 Å². The highest BCUT2D eigenvalue weighted by Crippen LogP contribution is 2.33. The molecule has 1 aliphatic carbocycles. The van der Waals surface area contributed by atoms with Gasteiger partial charge < -0.3 is 0 Å². The molecular weight excluding hydrogens is 198 g/mol. The van der Waals surface area contributed by atoms with E-state index in [1.54, 1.807) is 0 Å². The molecule has 0 amide bonds. The van der Waals surface area contributed by atoms with Gasteiger partial charge in [0.25, 0.3) is 0 Å². The van der Waals surface area contributed by atoms with Crippen molar-refractivity contribution >= 4 is 10.0 Å². The van der Waals surface area contributed by atoms with E-state index in [1.165, 1.54) is 5.56 Å². The highest BCUT2D eigenvalue weighted by Gasteiger charge is 2.25. The molecule has 0 aliphatic heterocycles. The van der Waals surface area contributed by atoms with Crippen molar-refractivity contribution in [1.29, 1.82) is 0 Å². The summed E-state index contributed by atoms with van der Waals surface area (Å²) in [6.45, 7) is 0. The van der Waals surface area contributed by atoms with Gasteiger partial charge in [0, 0.05) is 0 Å². The van der Waals surface area contributed by atoms with E-state index in [-0.39, 0.29) is 11.7 Å². The third kappa shape index (κ3) is 1.96. The van der Waals surface area contributed by atoms with Crippen LogP contribution in [-0.2, 0) is 16.4 Å². The van der Waals surface area contributed by atoms with Crippen LogP contribution in [0.15, 0.2) is 24.3 Å². The molecule has 0 fully saturated rings. The van der Waals surface area contributed by atoms with Crippen molar-refractivity contribution in [3.63, 3.8) is 0 Å². The monoisotopic (exact) mass is 211 g/mol. The van der Waals surface area contributed by atoms with Crippen molar-refractivity contribution in [2.45, 2.75) is 18.8 Å². The van der Waals surface area contributed by atoms with E-state index in [1.807, 2.05) is 18.2 Å². The minimum absolute atomic E-state index is 0.0734. The summed E-state index contributed by atoms with van der Waals surface area (Å²) < 4.78 is 21.9. The predicted molar refractivity (Wildman–Crippen MR) is 55.5 cm³/mol. The van der Waals surface area contributed by atoms with Gasteiger partial charge in [-0.1, -0.05) is 24.3 Å². The third-order valence-electron chi connectivity index (χ3n) is 2.69. The fourth-order valence-electron chi connectivity index (χ4n) is 2.10. The van der Waals surface area contributed by atoms with Crippen molar-refractivity contribution in [3.8, 4) is 0 Å². The molecule has 4 heteroatoms. The van der Waals surface area contributed by atoms with Gasteiger partial charge in [0.05, 0.1) is 5.75 Å². The van der Waals surface area contributed by atoms with Crippen LogP contribution in [0.5, 0.6) is 0 Å². The molecule has 0 aromatic heterocycles. The van der Waals surface area contributed by atoms with Gasteiger partial charge in [-0.3, -0.25) is 0 Å². The Hall–Kier alpha value is -0.870. The van der Waals surface area contributed by atoms with Crippen LogP contribution in [0, 0.1) is 0 Å². The fraction of sp³-hybridized carbons (Fsp3) is 0.400. The quantitative estimate of drug-likeness (QED) is 0.793. The smallest absolute Gasteiger partial charge is 0.209 e. The van der Waals surface area contributed by atoms with Crippen LogP contribution >= 0.6 is 0 Å². The van der Waals surface area contributed by atoms with E-state index in [0.29, 0.717) is 0 Å². The number of sulfonamides is 1. The average molecular weight is 211 g/mol. The van der Waals surface area contributed by atoms with E-state index in [4.69, 9.17) is 5.14 Å². The van der Waals surface area contributed by atoms with Gasteiger partial charge in [-0.2, -0.15) is 0 Å². The first-order chi connectivity index (χ1) is 6.56. The van der Waals surface area contributed by atoms with E-state index < -0.39 is 10.0 Å². The molecule has 0 heterocycles. The second-order valence-electron chi connectivity index (χ2n) is 3.76. The molecule has 14 heavy (non-hydrogen) atoms. The molecule has 0 saturated heterocycles. The van der Waals surface area contributed by atoms with Crippen molar-refractivity contribution in [3.05, 3.63) is 35.4 Å². The van der Waals surface area contributed by atoms with Crippen LogP contribution in [0.4, 0.5) is 0 Å². The van der Waals surface area contributed by atoms with Gasteiger partial charge in [0.1, 0.15) is 0 Å². The van der Waals surface area contributed by atoms with Gasteiger partial charge in [-0.15, -0.1) is 0 Å². The number of fused-ring (bicyclic) bond motifs is 1. The summed E-state index contributed by atoms with van der Waals surface area (Å²) in [4.78, 5) is 0. The zero-order valence-electron chi connectivity index (χ0n) is 7.81. The molecular formula is C10H13NO2S. The molecule has 0 spiro atoms. The standard InChI is InChI=1S/C10H13NO2S/c11-14(12,13)7-9-6-5-8-3-1-2-4-10(8)9/h1-4,9H,5-7H2,(H2,11,12,13). The Labute approximate surface area is 84.0 Å². The Balaban J connectivity index is 2.27. The molecule has 1 aliphatic rings. The van der Waals surface area contributed by atoms with Crippen molar-refractivity contribution in [2.24, 2.45) is 5.14 Å². The Morgan fingerprint density at radius 3 is 2.79 bits per heavy atom. The molecule has 1 aromatic rings. The summed E-state index contributed by atoms with van der Waals surface area (Å²) >= 11 is 0. The highest BCUT2D eigenvalue weighted by atomic mass is 32.2. The summed E-state index contributed by atoms with van der Waals surface area (Å²) in [7, 11) is -3.35. The number of aryl methyl sites for hydroxylation is 1. The number of rotatable bonds is 2. The van der Waals surface area contributed by atoms with Crippen LogP contribution in [0.25, 0.3) is 0 Å². The van der Waals surface area contributed by atoms with Crippen molar-refractivity contribution in [2.75, 3.05) is 5.75 Å². The molecule has 2 N–H and O–H groups in total. The second kappa shape index (κ2) is 3.37. The minimum atomic E-state index is -3.35. The van der Waals surface area contributed by atoms with E-state index in [9.17, 15) is 8.42 Å². The fourth-order valence-corrected chi connectivity index (χ4v) is 3.01. The Morgan fingerprint density at radius 2 is 2.07 bits per heavy atom. The zero-order valence-corrected chi connectivity index (χ0v) is 8.63. The van der Waals surface area contributed by atoms with Gasteiger partial charge in [-0.05, 0) is 29.9 Å². The lowest BCUT2D eigenvalue weighted by Gasteiger charge is -2.08.